The average molecular weight is 342 g/mol. The summed E-state index contributed by atoms with van der Waals surface area (Å²) >= 11 is 0. The number of aryl methyl sites for hydroxylation is 1. The van der Waals surface area contributed by atoms with Crippen LogP contribution in [0.2, 0.25) is 0 Å². The van der Waals surface area contributed by atoms with Gasteiger partial charge in [-0.05, 0) is 13.0 Å². The summed E-state index contributed by atoms with van der Waals surface area (Å²) in [4.78, 5) is 16.3. The molecule has 0 amide bonds. The van der Waals surface area contributed by atoms with Crippen molar-refractivity contribution in [1.29, 1.82) is 0 Å². The summed E-state index contributed by atoms with van der Waals surface area (Å²) in [6.45, 7) is 1.71. The molecule has 3 atom stereocenters. The molecule has 1 aliphatic rings. The third-order valence-corrected chi connectivity index (χ3v) is 4.47. The number of hydrogen-bond donors (Lipinski definition) is 2. The molecular formula is C18H18N2O5. The lowest BCUT2D eigenvalue weighted by molar-refractivity contribution is -0.0457. The molecule has 25 heavy (non-hydrogen) atoms. The van der Waals surface area contributed by atoms with E-state index in [1.54, 1.807) is 6.20 Å². The zero-order valence-corrected chi connectivity index (χ0v) is 13.6. The first kappa shape index (κ1) is 16.0. The Bertz CT molecular complexity index is 960. The third-order valence-electron chi connectivity index (χ3n) is 4.47. The molecule has 3 unspecified atom stereocenters. The van der Waals surface area contributed by atoms with Gasteiger partial charge >= 0.3 is 5.69 Å². The van der Waals surface area contributed by atoms with Gasteiger partial charge in [-0.25, -0.2) is 4.79 Å². The van der Waals surface area contributed by atoms with E-state index in [-0.39, 0.29) is 18.7 Å². The summed E-state index contributed by atoms with van der Waals surface area (Å²) in [5, 5.41) is 19.7. The highest BCUT2D eigenvalue weighted by Crippen LogP contribution is 2.30. The van der Waals surface area contributed by atoms with E-state index in [0.29, 0.717) is 11.1 Å². The van der Waals surface area contributed by atoms with Gasteiger partial charge in [0.25, 0.3) is 0 Å². The molecule has 0 spiro atoms. The lowest BCUT2D eigenvalue weighted by atomic mass is 10.1. The number of hydrogen-bond acceptors (Lipinski definition) is 6. The van der Waals surface area contributed by atoms with Crippen molar-refractivity contribution in [2.75, 3.05) is 6.61 Å². The fraction of sp³-hybridized carbons (Fsp3) is 0.333. The smallest absolute Gasteiger partial charge is 0.353 e. The van der Waals surface area contributed by atoms with E-state index in [1.807, 2.05) is 37.3 Å². The van der Waals surface area contributed by atoms with Crippen molar-refractivity contribution in [3.63, 3.8) is 0 Å². The van der Waals surface area contributed by atoms with Crippen molar-refractivity contribution in [1.82, 2.24) is 9.55 Å². The number of rotatable bonds is 3. The second-order valence-corrected chi connectivity index (χ2v) is 6.28. The molecule has 0 aliphatic carbocycles. The first-order chi connectivity index (χ1) is 12.0. The molecule has 130 valence electrons. The van der Waals surface area contributed by atoms with Crippen LogP contribution in [0.25, 0.3) is 22.4 Å². The lowest BCUT2D eigenvalue weighted by Gasteiger charge is -2.13. The fourth-order valence-electron chi connectivity index (χ4n) is 3.04. The van der Waals surface area contributed by atoms with Crippen LogP contribution in [0.15, 0.2) is 45.7 Å². The molecular weight excluding hydrogens is 324 g/mol. The van der Waals surface area contributed by atoms with Gasteiger partial charge in [0.1, 0.15) is 18.1 Å². The van der Waals surface area contributed by atoms with Crippen LogP contribution in [-0.4, -0.2) is 38.6 Å². The van der Waals surface area contributed by atoms with E-state index in [0.717, 1.165) is 11.1 Å². The van der Waals surface area contributed by atoms with Crippen molar-refractivity contribution in [3.8, 4) is 11.3 Å². The Morgan fingerprint density at radius 3 is 2.76 bits per heavy atom. The van der Waals surface area contributed by atoms with E-state index in [4.69, 9.17) is 9.15 Å². The minimum absolute atomic E-state index is 0.223. The van der Waals surface area contributed by atoms with Crippen molar-refractivity contribution >= 4 is 11.1 Å². The molecule has 3 heterocycles. The SMILES string of the molecule is Cc1ccc(-c2cc3cn(C4CC(O)C(CO)O4)c(=O)nc3o2)cc1. The molecule has 0 radical (unpaired) electrons. The second kappa shape index (κ2) is 6.11. The van der Waals surface area contributed by atoms with Gasteiger partial charge in [-0.15, -0.1) is 0 Å². The largest absolute Gasteiger partial charge is 0.437 e. The van der Waals surface area contributed by atoms with Crippen molar-refractivity contribution in [3.05, 3.63) is 52.6 Å². The number of fused-ring (bicyclic) bond motifs is 1. The van der Waals surface area contributed by atoms with Gasteiger partial charge in [0.05, 0.1) is 18.1 Å². The first-order valence-electron chi connectivity index (χ1n) is 8.09. The van der Waals surface area contributed by atoms with Crippen LogP contribution < -0.4 is 5.69 Å². The Hall–Kier alpha value is -2.48. The van der Waals surface area contributed by atoms with Crippen LogP contribution >= 0.6 is 0 Å². The minimum atomic E-state index is -0.815. The van der Waals surface area contributed by atoms with Crippen molar-refractivity contribution in [2.24, 2.45) is 0 Å². The number of aromatic nitrogens is 2. The lowest BCUT2D eigenvalue weighted by Crippen LogP contribution is -2.27. The molecule has 1 saturated heterocycles. The van der Waals surface area contributed by atoms with Gasteiger partial charge in [-0.2, -0.15) is 4.98 Å². The number of benzene rings is 1. The molecule has 7 heteroatoms. The van der Waals surface area contributed by atoms with E-state index < -0.39 is 24.1 Å². The van der Waals surface area contributed by atoms with Gasteiger partial charge in [-0.1, -0.05) is 29.8 Å². The van der Waals surface area contributed by atoms with Gasteiger partial charge in [0.15, 0.2) is 0 Å². The van der Waals surface area contributed by atoms with Crippen LogP contribution in [0.3, 0.4) is 0 Å². The summed E-state index contributed by atoms with van der Waals surface area (Å²) in [6, 6.07) is 9.68. The molecule has 1 aliphatic heterocycles. The molecule has 4 rings (SSSR count). The maximum Gasteiger partial charge on any atom is 0.353 e. The van der Waals surface area contributed by atoms with E-state index in [9.17, 15) is 15.0 Å². The predicted octanol–water partition coefficient (Wildman–Crippen LogP) is 1.61. The highest BCUT2D eigenvalue weighted by molar-refractivity contribution is 5.79. The molecule has 2 aromatic heterocycles. The molecule has 2 N–H and O–H groups in total. The predicted molar refractivity (Wildman–Crippen MR) is 90.1 cm³/mol. The molecule has 0 saturated carbocycles. The van der Waals surface area contributed by atoms with Crippen LogP contribution in [-0.2, 0) is 4.74 Å². The Balaban J connectivity index is 1.72. The topological polar surface area (TPSA) is 97.7 Å². The summed E-state index contributed by atoms with van der Waals surface area (Å²) in [5.41, 5.74) is 1.78. The molecule has 7 nitrogen and oxygen atoms in total. The fourth-order valence-corrected chi connectivity index (χ4v) is 3.04. The highest BCUT2D eigenvalue weighted by atomic mass is 16.5. The van der Waals surface area contributed by atoms with Crippen LogP contribution in [0.5, 0.6) is 0 Å². The molecule has 1 aromatic carbocycles. The number of aliphatic hydroxyl groups excluding tert-OH is 2. The van der Waals surface area contributed by atoms with Gasteiger partial charge in [0.2, 0.25) is 5.71 Å². The summed E-state index contributed by atoms with van der Waals surface area (Å²) in [7, 11) is 0. The number of nitrogens with zero attached hydrogens (tertiary/aromatic N) is 2. The van der Waals surface area contributed by atoms with Gasteiger partial charge in [-0.3, -0.25) is 4.57 Å². The van der Waals surface area contributed by atoms with Crippen LogP contribution in [0.1, 0.15) is 18.2 Å². The van der Waals surface area contributed by atoms with Crippen molar-refractivity contribution in [2.45, 2.75) is 31.8 Å². The molecule has 1 fully saturated rings. The molecule has 0 bridgehead atoms. The standard InChI is InChI=1S/C18H18N2O5/c1-10-2-4-11(5-3-10)14-6-12-8-20(18(23)19-17(12)25-14)16-7-13(22)15(9-21)24-16/h2-6,8,13,15-16,21-22H,7,9H2,1H3. The number of furan rings is 1. The zero-order chi connectivity index (χ0) is 17.6. The van der Waals surface area contributed by atoms with E-state index in [2.05, 4.69) is 4.98 Å². The van der Waals surface area contributed by atoms with E-state index >= 15 is 0 Å². The summed E-state index contributed by atoms with van der Waals surface area (Å²) < 4.78 is 12.6. The van der Waals surface area contributed by atoms with Crippen LogP contribution in [0, 0.1) is 6.92 Å². The summed E-state index contributed by atoms with van der Waals surface area (Å²) in [5.74, 6) is 0.625. The summed E-state index contributed by atoms with van der Waals surface area (Å²) in [6.07, 6.45) is -0.330. The Morgan fingerprint density at radius 2 is 2.08 bits per heavy atom. The number of ether oxygens (including phenoxy) is 1. The quantitative estimate of drug-likeness (QED) is 0.750. The second-order valence-electron chi connectivity index (χ2n) is 6.28. The third kappa shape index (κ3) is 2.86. The normalized spacial score (nSPS) is 23.4. The average Bonchev–Trinajstić information content (AvgIpc) is 3.17. The number of aliphatic hydroxyl groups is 2. The Kier molecular flexibility index (Phi) is 3.91. The Morgan fingerprint density at radius 1 is 1.32 bits per heavy atom. The zero-order valence-electron chi connectivity index (χ0n) is 13.6. The Labute approximate surface area is 143 Å². The van der Waals surface area contributed by atoms with Gasteiger partial charge in [0, 0.05) is 18.2 Å². The minimum Gasteiger partial charge on any atom is -0.437 e. The van der Waals surface area contributed by atoms with Crippen LogP contribution in [0.4, 0.5) is 0 Å². The first-order valence-corrected chi connectivity index (χ1v) is 8.09. The highest BCUT2D eigenvalue weighted by Gasteiger charge is 2.35. The van der Waals surface area contributed by atoms with Gasteiger partial charge < -0.3 is 19.4 Å². The monoisotopic (exact) mass is 342 g/mol. The maximum atomic E-state index is 12.3. The maximum absolute atomic E-state index is 12.3. The van der Waals surface area contributed by atoms with E-state index in [1.165, 1.54) is 4.57 Å². The van der Waals surface area contributed by atoms with Crippen molar-refractivity contribution < 1.29 is 19.4 Å². The molecule has 3 aromatic rings.